The van der Waals surface area contributed by atoms with E-state index < -0.39 is 0 Å². The fourth-order valence-corrected chi connectivity index (χ4v) is 1.38. The predicted molar refractivity (Wildman–Crippen MR) is 61.3 cm³/mol. The standard InChI is InChI=1S/C11H24.H4N2/c1-3-5-7-9-11-10-8-6-4-2;1-2/h3-11H2,1-2H3;1-2H2. The molecule has 0 unspecified atom stereocenters. The van der Waals surface area contributed by atoms with Crippen molar-refractivity contribution in [2.24, 2.45) is 11.7 Å². The molecule has 0 heterocycles. The Kier molecular flexibility index (Phi) is 21.2. The molecular formula is C11H28N2. The second kappa shape index (κ2) is 17.9. The smallest absolute Gasteiger partial charge is 0.0533 e. The lowest BCUT2D eigenvalue weighted by Crippen LogP contribution is -2.02. The van der Waals surface area contributed by atoms with Gasteiger partial charge in [0, 0.05) is 0 Å². The SMILES string of the molecule is CCCCCCCCCCC.NN. The first-order valence-corrected chi connectivity index (χ1v) is 5.75. The lowest BCUT2D eigenvalue weighted by atomic mass is 10.1. The van der Waals surface area contributed by atoms with Gasteiger partial charge in [0.2, 0.25) is 0 Å². The van der Waals surface area contributed by atoms with E-state index in [-0.39, 0.29) is 0 Å². The van der Waals surface area contributed by atoms with E-state index in [1.54, 1.807) is 0 Å². The molecule has 0 spiro atoms. The molecule has 0 bridgehead atoms. The van der Waals surface area contributed by atoms with Gasteiger partial charge in [-0.2, -0.15) is 0 Å². The Morgan fingerprint density at radius 1 is 0.538 bits per heavy atom. The highest BCUT2D eigenvalue weighted by Gasteiger charge is 1.88. The van der Waals surface area contributed by atoms with Crippen molar-refractivity contribution in [2.75, 3.05) is 0 Å². The summed E-state index contributed by atoms with van der Waals surface area (Å²) in [4.78, 5) is 0. The Morgan fingerprint density at radius 2 is 0.769 bits per heavy atom. The largest absolute Gasteiger partial charge is 0.274 e. The van der Waals surface area contributed by atoms with Crippen molar-refractivity contribution in [3.05, 3.63) is 0 Å². The second-order valence-electron chi connectivity index (χ2n) is 3.47. The fraction of sp³-hybridized carbons (Fsp3) is 1.00. The summed E-state index contributed by atoms with van der Waals surface area (Å²) in [5, 5.41) is 0. The number of hydrazine groups is 1. The van der Waals surface area contributed by atoms with Crippen LogP contribution in [0.4, 0.5) is 0 Å². The zero-order valence-corrected chi connectivity index (χ0v) is 9.52. The quantitative estimate of drug-likeness (QED) is 0.348. The third-order valence-electron chi connectivity index (χ3n) is 2.21. The summed E-state index contributed by atoms with van der Waals surface area (Å²) < 4.78 is 0. The molecule has 0 amide bonds. The van der Waals surface area contributed by atoms with Gasteiger partial charge in [-0.3, -0.25) is 11.7 Å². The molecule has 0 aliphatic carbocycles. The number of rotatable bonds is 8. The van der Waals surface area contributed by atoms with Crippen molar-refractivity contribution < 1.29 is 0 Å². The molecule has 0 saturated heterocycles. The topological polar surface area (TPSA) is 52.0 Å². The van der Waals surface area contributed by atoms with E-state index in [2.05, 4.69) is 25.5 Å². The Morgan fingerprint density at radius 3 is 1.00 bits per heavy atom. The molecule has 0 atom stereocenters. The van der Waals surface area contributed by atoms with Crippen LogP contribution in [0.15, 0.2) is 0 Å². The van der Waals surface area contributed by atoms with E-state index in [4.69, 9.17) is 0 Å². The first-order chi connectivity index (χ1) is 6.41. The minimum Gasteiger partial charge on any atom is -0.274 e. The molecular weight excluding hydrogens is 160 g/mol. The summed E-state index contributed by atoms with van der Waals surface area (Å²) in [6.45, 7) is 4.55. The average Bonchev–Trinajstić information content (AvgIpc) is 2.20. The lowest BCUT2D eigenvalue weighted by Gasteiger charge is -1.98. The fourth-order valence-electron chi connectivity index (χ4n) is 1.38. The molecule has 0 fully saturated rings. The van der Waals surface area contributed by atoms with Gasteiger partial charge < -0.3 is 0 Å². The van der Waals surface area contributed by atoms with Crippen LogP contribution in [0.25, 0.3) is 0 Å². The third-order valence-corrected chi connectivity index (χ3v) is 2.21. The number of nitrogens with two attached hydrogens (primary N) is 2. The summed E-state index contributed by atoms with van der Waals surface area (Å²) in [6, 6.07) is 0. The Balaban J connectivity index is 0. The monoisotopic (exact) mass is 188 g/mol. The Hall–Kier alpha value is -0.0800. The number of hydrogen-bond acceptors (Lipinski definition) is 2. The minimum absolute atomic E-state index is 1.37. The van der Waals surface area contributed by atoms with Crippen LogP contribution in [0.3, 0.4) is 0 Å². The zero-order chi connectivity index (χ0) is 10.4. The van der Waals surface area contributed by atoms with Gasteiger partial charge in [0.15, 0.2) is 0 Å². The van der Waals surface area contributed by atoms with E-state index >= 15 is 0 Å². The van der Waals surface area contributed by atoms with Crippen molar-refractivity contribution in [3.8, 4) is 0 Å². The van der Waals surface area contributed by atoms with Crippen LogP contribution in [0.5, 0.6) is 0 Å². The zero-order valence-electron chi connectivity index (χ0n) is 9.52. The van der Waals surface area contributed by atoms with Crippen LogP contribution in [0.2, 0.25) is 0 Å². The van der Waals surface area contributed by atoms with E-state index in [1.165, 1.54) is 57.8 Å². The molecule has 82 valence electrons. The Labute approximate surface area is 84.0 Å². The van der Waals surface area contributed by atoms with Crippen LogP contribution < -0.4 is 11.7 Å². The van der Waals surface area contributed by atoms with Crippen molar-refractivity contribution in [1.29, 1.82) is 0 Å². The summed E-state index contributed by atoms with van der Waals surface area (Å²) >= 11 is 0. The van der Waals surface area contributed by atoms with Crippen LogP contribution in [0.1, 0.15) is 71.6 Å². The van der Waals surface area contributed by atoms with Gasteiger partial charge in [0.25, 0.3) is 0 Å². The highest BCUT2D eigenvalue weighted by Crippen LogP contribution is 2.08. The molecule has 0 aromatic carbocycles. The molecule has 0 rings (SSSR count). The van der Waals surface area contributed by atoms with Gasteiger partial charge >= 0.3 is 0 Å². The first-order valence-electron chi connectivity index (χ1n) is 5.75. The molecule has 2 nitrogen and oxygen atoms in total. The maximum atomic E-state index is 4.00. The molecule has 4 N–H and O–H groups in total. The van der Waals surface area contributed by atoms with E-state index in [0.29, 0.717) is 0 Å². The van der Waals surface area contributed by atoms with E-state index in [9.17, 15) is 0 Å². The average molecular weight is 188 g/mol. The van der Waals surface area contributed by atoms with E-state index in [1.807, 2.05) is 0 Å². The number of unbranched alkanes of at least 4 members (excludes halogenated alkanes) is 8. The van der Waals surface area contributed by atoms with Crippen molar-refractivity contribution in [3.63, 3.8) is 0 Å². The van der Waals surface area contributed by atoms with Crippen molar-refractivity contribution in [1.82, 2.24) is 0 Å². The van der Waals surface area contributed by atoms with Crippen LogP contribution >= 0.6 is 0 Å². The lowest BCUT2D eigenvalue weighted by molar-refractivity contribution is 0.572. The molecule has 0 aromatic heterocycles. The van der Waals surface area contributed by atoms with Gasteiger partial charge in [-0.05, 0) is 0 Å². The van der Waals surface area contributed by atoms with Crippen molar-refractivity contribution in [2.45, 2.75) is 71.6 Å². The summed E-state index contributed by atoms with van der Waals surface area (Å²) in [5.74, 6) is 8.00. The third kappa shape index (κ3) is 18.7. The highest BCUT2D eigenvalue weighted by molar-refractivity contribution is 4.44. The molecule has 0 radical (unpaired) electrons. The van der Waals surface area contributed by atoms with Crippen molar-refractivity contribution >= 4 is 0 Å². The molecule has 0 aromatic rings. The van der Waals surface area contributed by atoms with Gasteiger partial charge in [0.1, 0.15) is 0 Å². The predicted octanol–water partition coefficient (Wildman–Crippen LogP) is 3.36. The summed E-state index contributed by atoms with van der Waals surface area (Å²) in [6.07, 6.45) is 13.0. The van der Waals surface area contributed by atoms with Gasteiger partial charge in [0.05, 0.1) is 0 Å². The first kappa shape index (κ1) is 15.4. The number of hydrogen-bond donors (Lipinski definition) is 2. The normalized spacial score (nSPS) is 9.23. The molecule has 0 aliphatic rings. The molecule has 13 heavy (non-hydrogen) atoms. The van der Waals surface area contributed by atoms with Crippen LogP contribution in [-0.4, -0.2) is 0 Å². The van der Waals surface area contributed by atoms with Gasteiger partial charge in [-0.15, -0.1) is 0 Å². The molecule has 0 aliphatic heterocycles. The van der Waals surface area contributed by atoms with Gasteiger partial charge in [-0.25, -0.2) is 0 Å². The second-order valence-corrected chi connectivity index (χ2v) is 3.47. The maximum Gasteiger partial charge on any atom is -0.0533 e. The molecule has 2 heteroatoms. The maximum absolute atomic E-state index is 4.00. The van der Waals surface area contributed by atoms with Gasteiger partial charge in [-0.1, -0.05) is 71.6 Å². The highest BCUT2D eigenvalue weighted by atomic mass is 15.0. The Bertz CT molecular complexity index is 57.1. The summed E-state index contributed by atoms with van der Waals surface area (Å²) in [5.41, 5.74) is 0. The summed E-state index contributed by atoms with van der Waals surface area (Å²) in [7, 11) is 0. The van der Waals surface area contributed by atoms with Crippen LogP contribution in [0, 0.1) is 0 Å². The van der Waals surface area contributed by atoms with E-state index in [0.717, 1.165) is 0 Å². The van der Waals surface area contributed by atoms with Crippen LogP contribution in [-0.2, 0) is 0 Å². The molecule has 0 saturated carbocycles. The minimum atomic E-state index is 1.37.